The van der Waals surface area contributed by atoms with E-state index in [1.165, 1.54) is 4.90 Å². The average Bonchev–Trinajstić information content (AvgIpc) is 3.01. The third-order valence-corrected chi connectivity index (χ3v) is 4.86. The number of nitrogens with one attached hydrogen (secondary N) is 1. The van der Waals surface area contributed by atoms with Crippen LogP contribution in [-0.4, -0.2) is 37.2 Å². The molecule has 2 aromatic carbocycles. The predicted octanol–water partition coefficient (Wildman–Crippen LogP) is 4.15. The van der Waals surface area contributed by atoms with Gasteiger partial charge in [-0.3, -0.25) is 9.69 Å². The van der Waals surface area contributed by atoms with E-state index in [-0.39, 0.29) is 12.5 Å². The Kier molecular flexibility index (Phi) is 6.84. The van der Waals surface area contributed by atoms with Crippen molar-refractivity contribution >= 4 is 23.3 Å². The first-order valence-corrected chi connectivity index (χ1v) is 10.4. The molecule has 1 aliphatic rings. The average molecular weight is 424 g/mol. The summed E-state index contributed by atoms with van der Waals surface area (Å²) in [6.07, 6.45) is 1.61. The molecule has 1 aliphatic heterocycles. The Morgan fingerprint density at radius 3 is 1.97 bits per heavy atom. The predicted molar refractivity (Wildman–Crippen MR) is 119 cm³/mol. The van der Waals surface area contributed by atoms with Gasteiger partial charge in [0.1, 0.15) is 17.2 Å². The second kappa shape index (κ2) is 9.55. The minimum Gasteiger partial charge on any atom is -0.494 e. The Bertz CT molecular complexity index is 953. The molecule has 7 heteroatoms. The zero-order chi connectivity index (χ0) is 22.4. The number of amides is 1. The highest BCUT2D eigenvalue weighted by Gasteiger charge is 2.49. The molecule has 1 amide bonds. The normalized spacial score (nSPS) is 17.9. The van der Waals surface area contributed by atoms with Gasteiger partial charge in [-0.15, -0.1) is 0 Å². The van der Waals surface area contributed by atoms with Crippen LogP contribution in [-0.2, 0) is 14.3 Å². The van der Waals surface area contributed by atoms with E-state index in [1.54, 1.807) is 44.2 Å². The maximum atomic E-state index is 13.3. The lowest BCUT2D eigenvalue weighted by Crippen LogP contribution is -2.51. The van der Waals surface area contributed by atoms with Crippen molar-refractivity contribution in [2.75, 3.05) is 30.0 Å². The quantitative estimate of drug-likeness (QED) is 0.610. The van der Waals surface area contributed by atoms with Gasteiger partial charge < -0.3 is 19.5 Å². The molecule has 2 aromatic rings. The topological polar surface area (TPSA) is 77.1 Å². The molecule has 0 saturated heterocycles. The summed E-state index contributed by atoms with van der Waals surface area (Å²) in [5, 5.41) is 3.13. The molecule has 0 radical (unpaired) electrons. The van der Waals surface area contributed by atoms with Crippen LogP contribution in [0.5, 0.6) is 11.5 Å². The summed E-state index contributed by atoms with van der Waals surface area (Å²) < 4.78 is 16.2. The zero-order valence-electron chi connectivity index (χ0n) is 18.3. The smallest absolute Gasteiger partial charge is 0.336 e. The Balaban J connectivity index is 1.92. The molecule has 0 saturated carbocycles. The number of carbonyl (C=O) groups is 2. The van der Waals surface area contributed by atoms with E-state index < -0.39 is 11.5 Å². The second-order valence-corrected chi connectivity index (χ2v) is 7.08. The van der Waals surface area contributed by atoms with Crippen molar-refractivity contribution in [3.63, 3.8) is 0 Å². The van der Waals surface area contributed by atoms with Crippen molar-refractivity contribution in [3.8, 4) is 11.5 Å². The van der Waals surface area contributed by atoms with Gasteiger partial charge in [0.2, 0.25) is 0 Å². The van der Waals surface area contributed by atoms with Gasteiger partial charge in [-0.25, -0.2) is 4.79 Å². The van der Waals surface area contributed by atoms with Crippen LogP contribution in [0.1, 0.15) is 27.7 Å². The lowest BCUT2D eigenvalue weighted by Gasteiger charge is -2.32. The maximum Gasteiger partial charge on any atom is 0.336 e. The fourth-order valence-corrected chi connectivity index (χ4v) is 3.46. The van der Waals surface area contributed by atoms with Crippen molar-refractivity contribution in [1.82, 2.24) is 0 Å². The van der Waals surface area contributed by atoms with Crippen molar-refractivity contribution in [1.29, 1.82) is 0 Å². The highest BCUT2D eigenvalue weighted by Crippen LogP contribution is 2.36. The Morgan fingerprint density at radius 2 is 1.45 bits per heavy atom. The fraction of sp³-hybridized carbons (Fsp3) is 0.333. The molecule has 0 aromatic heterocycles. The Hall–Kier alpha value is -3.48. The van der Waals surface area contributed by atoms with Gasteiger partial charge in [-0.2, -0.15) is 0 Å². The Labute approximate surface area is 182 Å². The lowest BCUT2D eigenvalue weighted by atomic mass is 10.0. The van der Waals surface area contributed by atoms with Crippen LogP contribution in [0.15, 0.2) is 60.3 Å². The minimum atomic E-state index is -1.28. The van der Waals surface area contributed by atoms with E-state index in [0.29, 0.717) is 36.0 Å². The number of esters is 1. The molecule has 7 nitrogen and oxygen atoms in total. The van der Waals surface area contributed by atoms with E-state index in [9.17, 15) is 9.59 Å². The van der Waals surface area contributed by atoms with Crippen molar-refractivity contribution < 1.29 is 23.8 Å². The molecule has 3 rings (SSSR count). The summed E-state index contributed by atoms with van der Waals surface area (Å²) in [5.41, 5.74) is 0.300. The molecule has 1 N–H and O–H groups in total. The van der Waals surface area contributed by atoms with Crippen LogP contribution in [0.2, 0.25) is 0 Å². The summed E-state index contributed by atoms with van der Waals surface area (Å²) in [4.78, 5) is 27.6. The summed E-state index contributed by atoms with van der Waals surface area (Å²) >= 11 is 0. The van der Waals surface area contributed by atoms with E-state index in [0.717, 1.165) is 5.75 Å². The van der Waals surface area contributed by atoms with Gasteiger partial charge in [-0.05, 0) is 82.3 Å². The number of hydrogen-bond donors (Lipinski definition) is 1. The SMILES string of the molecule is CCOC(=O)[C@@]1(C)C=C(Nc2ccc(OCC)cc2)C(=O)N1c1ccc(OCC)cc1. The van der Waals surface area contributed by atoms with Gasteiger partial charge >= 0.3 is 5.97 Å². The van der Waals surface area contributed by atoms with Crippen LogP contribution in [0.4, 0.5) is 11.4 Å². The van der Waals surface area contributed by atoms with Crippen molar-refractivity contribution in [3.05, 3.63) is 60.3 Å². The number of benzene rings is 2. The molecular formula is C24H28N2O5. The molecule has 1 atom stereocenters. The number of anilines is 2. The van der Waals surface area contributed by atoms with Gasteiger partial charge in [-0.1, -0.05) is 0 Å². The molecule has 0 unspecified atom stereocenters. The summed E-state index contributed by atoms with van der Waals surface area (Å²) in [6.45, 7) is 8.56. The number of rotatable bonds is 9. The van der Waals surface area contributed by atoms with Gasteiger partial charge in [0.15, 0.2) is 5.54 Å². The van der Waals surface area contributed by atoms with Crippen molar-refractivity contribution in [2.45, 2.75) is 33.2 Å². The number of carbonyl (C=O) groups excluding carboxylic acids is 2. The molecule has 31 heavy (non-hydrogen) atoms. The van der Waals surface area contributed by atoms with Crippen LogP contribution >= 0.6 is 0 Å². The molecule has 0 bridgehead atoms. The molecule has 164 valence electrons. The van der Waals surface area contributed by atoms with Crippen LogP contribution in [0.25, 0.3) is 0 Å². The second-order valence-electron chi connectivity index (χ2n) is 7.08. The monoisotopic (exact) mass is 424 g/mol. The molecule has 0 spiro atoms. The summed E-state index contributed by atoms with van der Waals surface area (Å²) in [7, 11) is 0. The minimum absolute atomic E-state index is 0.217. The highest BCUT2D eigenvalue weighted by atomic mass is 16.5. The Morgan fingerprint density at radius 1 is 0.903 bits per heavy atom. The van der Waals surface area contributed by atoms with Crippen molar-refractivity contribution in [2.24, 2.45) is 0 Å². The zero-order valence-corrected chi connectivity index (χ0v) is 18.3. The summed E-state index contributed by atoms with van der Waals surface area (Å²) in [6, 6.07) is 14.3. The lowest BCUT2D eigenvalue weighted by molar-refractivity contribution is -0.147. The number of ether oxygens (including phenoxy) is 3. The van der Waals surface area contributed by atoms with E-state index >= 15 is 0 Å². The molecule has 1 heterocycles. The van der Waals surface area contributed by atoms with E-state index in [1.807, 2.05) is 38.1 Å². The third kappa shape index (κ3) is 4.66. The molecule has 0 aliphatic carbocycles. The first kappa shape index (κ1) is 22.2. The molecular weight excluding hydrogens is 396 g/mol. The first-order valence-electron chi connectivity index (χ1n) is 10.4. The number of nitrogens with zero attached hydrogens (tertiary/aromatic N) is 1. The van der Waals surface area contributed by atoms with Crippen LogP contribution in [0, 0.1) is 0 Å². The standard InChI is InChI=1S/C24H28N2O5/c1-5-29-19-12-8-17(9-13-19)25-21-16-24(4,23(28)31-7-3)26(22(21)27)18-10-14-20(15-11-18)30-6-2/h8-16,25H,5-7H2,1-4H3/t24-/m1/s1. The van der Waals surface area contributed by atoms with Crippen LogP contribution < -0.4 is 19.7 Å². The highest BCUT2D eigenvalue weighted by molar-refractivity contribution is 6.16. The first-order chi connectivity index (χ1) is 14.9. The molecule has 0 fully saturated rings. The van der Waals surface area contributed by atoms with E-state index in [4.69, 9.17) is 14.2 Å². The van der Waals surface area contributed by atoms with E-state index in [2.05, 4.69) is 5.32 Å². The summed E-state index contributed by atoms with van der Waals surface area (Å²) in [5.74, 6) is 0.609. The fourth-order valence-electron chi connectivity index (χ4n) is 3.46. The third-order valence-electron chi connectivity index (χ3n) is 4.86. The van der Waals surface area contributed by atoms with Gasteiger partial charge in [0.25, 0.3) is 5.91 Å². The van der Waals surface area contributed by atoms with Gasteiger partial charge in [0.05, 0.1) is 19.8 Å². The maximum absolute atomic E-state index is 13.3. The van der Waals surface area contributed by atoms with Gasteiger partial charge in [0, 0.05) is 11.4 Å². The largest absolute Gasteiger partial charge is 0.494 e. The van der Waals surface area contributed by atoms with Crippen LogP contribution in [0.3, 0.4) is 0 Å². The number of hydrogen-bond acceptors (Lipinski definition) is 6.